The Morgan fingerprint density at radius 1 is 1.28 bits per heavy atom. The maximum Gasteiger partial charge on any atom is 0.314 e. The van der Waals surface area contributed by atoms with Crippen LogP contribution in [-0.4, -0.2) is 16.2 Å². The molecule has 3 heteroatoms. The van der Waals surface area contributed by atoms with Crippen LogP contribution in [-0.2, 0) is 15.8 Å². The number of aliphatic hydroxyl groups is 1. The molecular formula is C15H20O3. The predicted molar refractivity (Wildman–Crippen MR) is 69.5 cm³/mol. The van der Waals surface area contributed by atoms with Crippen molar-refractivity contribution in [1.82, 2.24) is 0 Å². The summed E-state index contributed by atoms with van der Waals surface area (Å²) in [4.78, 5) is 11.6. The number of hydrogen-bond donors (Lipinski definition) is 2. The van der Waals surface area contributed by atoms with E-state index in [9.17, 15) is 15.0 Å². The van der Waals surface area contributed by atoms with E-state index in [2.05, 4.69) is 0 Å². The lowest BCUT2D eigenvalue weighted by Crippen LogP contribution is -2.33. The van der Waals surface area contributed by atoms with Crippen molar-refractivity contribution in [3.8, 4) is 0 Å². The molecule has 0 saturated heterocycles. The van der Waals surface area contributed by atoms with E-state index in [4.69, 9.17) is 0 Å². The van der Waals surface area contributed by atoms with Gasteiger partial charge in [-0.15, -0.1) is 0 Å². The van der Waals surface area contributed by atoms with Crippen LogP contribution in [0.3, 0.4) is 0 Å². The molecule has 1 saturated carbocycles. The largest absolute Gasteiger partial charge is 0.481 e. The van der Waals surface area contributed by atoms with E-state index in [0.29, 0.717) is 12.8 Å². The third-order valence-electron chi connectivity index (χ3n) is 3.99. The fourth-order valence-corrected chi connectivity index (χ4v) is 2.80. The Labute approximate surface area is 107 Å². The van der Waals surface area contributed by atoms with E-state index >= 15 is 0 Å². The van der Waals surface area contributed by atoms with Gasteiger partial charge in [-0.2, -0.15) is 0 Å². The van der Waals surface area contributed by atoms with Crippen LogP contribution < -0.4 is 0 Å². The van der Waals surface area contributed by atoms with Gasteiger partial charge in [-0.1, -0.05) is 37.1 Å². The van der Waals surface area contributed by atoms with Crippen LogP contribution >= 0.6 is 0 Å². The monoisotopic (exact) mass is 248 g/mol. The van der Waals surface area contributed by atoms with Crippen LogP contribution in [0.25, 0.3) is 0 Å². The topological polar surface area (TPSA) is 57.5 Å². The van der Waals surface area contributed by atoms with E-state index in [1.165, 1.54) is 0 Å². The van der Waals surface area contributed by atoms with Crippen LogP contribution in [0.4, 0.5) is 0 Å². The van der Waals surface area contributed by atoms with Crippen LogP contribution in [0.5, 0.6) is 0 Å². The summed E-state index contributed by atoms with van der Waals surface area (Å²) in [7, 11) is 0. The minimum atomic E-state index is -0.936. The molecule has 1 aromatic rings. The number of rotatable bonds is 3. The van der Waals surface area contributed by atoms with E-state index in [1.54, 1.807) is 13.8 Å². The van der Waals surface area contributed by atoms with Gasteiger partial charge in [0.1, 0.15) is 0 Å². The highest BCUT2D eigenvalue weighted by atomic mass is 16.4. The number of benzene rings is 1. The van der Waals surface area contributed by atoms with E-state index in [-0.39, 0.29) is 0 Å². The molecule has 1 aliphatic carbocycles. The molecule has 0 bridgehead atoms. The molecule has 98 valence electrons. The molecule has 1 fully saturated rings. The Morgan fingerprint density at radius 2 is 1.89 bits per heavy atom. The standard InChI is InChI=1S/C15H20O3/c1-14(2,18)11-6-5-7-12(10-11)15(13(16)17)8-3-4-9-15/h5-7,10,18H,3-4,8-9H2,1-2H3,(H,16,17). The van der Waals surface area contributed by atoms with Crippen molar-refractivity contribution >= 4 is 5.97 Å². The van der Waals surface area contributed by atoms with Gasteiger partial charge in [0.05, 0.1) is 11.0 Å². The van der Waals surface area contributed by atoms with Crippen LogP contribution in [0.2, 0.25) is 0 Å². The van der Waals surface area contributed by atoms with Gasteiger partial charge in [-0.05, 0) is 37.8 Å². The van der Waals surface area contributed by atoms with Crippen molar-refractivity contribution in [1.29, 1.82) is 0 Å². The first-order valence-electron chi connectivity index (χ1n) is 6.43. The summed E-state index contributed by atoms with van der Waals surface area (Å²) in [5.74, 6) is -0.743. The summed E-state index contributed by atoms with van der Waals surface area (Å²) >= 11 is 0. The molecule has 0 aliphatic heterocycles. The van der Waals surface area contributed by atoms with Crippen LogP contribution in [0, 0.1) is 0 Å². The maximum absolute atomic E-state index is 11.6. The van der Waals surface area contributed by atoms with Gasteiger partial charge in [-0.3, -0.25) is 4.79 Å². The predicted octanol–water partition coefficient (Wildman–Crippen LogP) is 2.81. The highest BCUT2D eigenvalue weighted by molar-refractivity contribution is 5.81. The average Bonchev–Trinajstić information content (AvgIpc) is 2.78. The molecule has 0 amide bonds. The highest BCUT2D eigenvalue weighted by Gasteiger charge is 2.43. The summed E-state index contributed by atoms with van der Waals surface area (Å²) in [6, 6.07) is 7.40. The summed E-state index contributed by atoms with van der Waals surface area (Å²) < 4.78 is 0. The second-order valence-electron chi connectivity index (χ2n) is 5.73. The third kappa shape index (κ3) is 2.15. The van der Waals surface area contributed by atoms with E-state index < -0.39 is 17.0 Å². The second-order valence-corrected chi connectivity index (χ2v) is 5.73. The smallest absolute Gasteiger partial charge is 0.314 e. The number of carbonyl (C=O) groups is 1. The molecule has 2 rings (SSSR count). The first kappa shape index (κ1) is 13.1. The Hall–Kier alpha value is -1.35. The van der Waals surface area contributed by atoms with Crippen LogP contribution in [0.1, 0.15) is 50.7 Å². The molecule has 0 unspecified atom stereocenters. The molecular weight excluding hydrogens is 228 g/mol. The SMILES string of the molecule is CC(C)(O)c1cccc(C2(C(=O)O)CCCC2)c1. The normalized spacial score (nSPS) is 18.8. The number of hydrogen-bond acceptors (Lipinski definition) is 2. The van der Waals surface area contributed by atoms with Crippen molar-refractivity contribution in [2.75, 3.05) is 0 Å². The molecule has 0 spiro atoms. The Balaban J connectivity index is 2.47. The number of carboxylic acid groups (broad SMARTS) is 1. The molecule has 0 aromatic heterocycles. The quantitative estimate of drug-likeness (QED) is 0.864. The third-order valence-corrected chi connectivity index (χ3v) is 3.99. The molecule has 0 heterocycles. The van der Waals surface area contributed by atoms with Gasteiger partial charge in [0.15, 0.2) is 0 Å². The first-order chi connectivity index (χ1) is 8.36. The van der Waals surface area contributed by atoms with Crippen molar-refractivity contribution in [3.05, 3.63) is 35.4 Å². The van der Waals surface area contributed by atoms with Gasteiger partial charge in [0.2, 0.25) is 0 Å². The molecule has 2 N–H and O–H groups in total. The zero-order valence-electron chi connectivity index (χ0n) is 10.9. The molecule has 1 aliphatic rings. The lowest BCUT2D eigenvalue weighted by atomic mass is 9.77. The lowest BCUT2D eigenvalue weighted by molar-refractivity contribution is -0.143. The Kier molecular flexibility index (Phi) is 3.20. The highest BCUT2D eigenvalue weighted by Crippen LogP contribution is 2.42. The molecule has 1 aromatic carbocycles. The van der Waals surface area contributed by atoms with Crippen LogP contribution in [0.15, 0.2) is 24.3 Å². The van der Waals surface area contributed by atoms with Crippen molar-refractivity contribution in [2.45, 2.75) is 50.5 Å². The summed E-state index contributed by atoms with van der Waals surface area (Å²) in [5.41, 5.74) is -0.0881. The van der Waals surface area contributed by atoms with E-state index in [0.717, 1.165) is 24.0 Å². The van der Waals surface area contributed by atoms with Gasteiger partial charge >= 0.3 is 5.97 Å². The van der Waals surface area contributed by atoms with E-state index in [1.807, 2.05) is 24.3 Å². The molecule has 0 atom stereocenters. The zero-order valence-corrected chi connectivity index (χ0v) is 10.9. The minimum absolute atomic E-state index is 0.692. The van der Waals surface area contributed by atoms with Gasteiger partial charge in [0.25, 0.3) is 0 Å². The van der Waals surface area contributed by atoms with Crippen molar-refractivity contribution in [2.24, 2.45) is 0 Å². The van der Waals surface area contributed by atoms with Gasteiger partial charge in [0, 0.05) is 0 Å². The van der Waals surface area contributed by atoms with Gasteiger partial charge in [-0.25, -0.2) is 0 Å². The van der Waals surface area contributed by atoms with Gasteiger partial charge < -0.3 is 10.2 Å². The fourth-order valence-electron chi connectivity index (χ4n) is 2.80. The summed E-state index contributed by atoms with van der Waals surface area (Å²) in [6.45, 7) is 3.43. The summed E-state index contributed by atoms with van der Waals surface area (Å²) in [6.07, 6.45) is 3.30. The molecule has 3 nitrogen and oxygen atoms in total. The number of carboxylic acids is 1. The maximum atomic E-state index is 11.6. The Bertz CT molecular complexity index is 451. The fraction of sp³-hybridized carbons (Fsp3) is 0.533. The van der Waals surface area contributed by atoms with Crippen molar-refractivity contribution < 1.29 is 15.0 Å². The average molecular weight is 248 g/mol. The van der Waals surface area contributed by atoms with Crippen molar-refractivity contribution in [3.63, 3.8) is 0 Å². The second kappa shape index (κ2) is 4.39. The molecule has 0 radical (unpaired) electrons. The lowest BCUT2D eigenvalue weighted by Gasteiger charge is -2.27. The summed E-state index contributed by atoms with van der Waals surface area (Å²) in [5, 5.41) is 19.6. The number of aliphatic carboxylic acids is 1. The zero-order chi connectivity index (χ0) is 13.4. The first-order valence-corrected chi connectivity index (χ1v) is 6.43. The molecule has 18 heavy (non-hydrogen) atoms. The Morgan fingerprint density at radius 3 is 2.39 bits per heavy atom. The minimum Gasteiger partial charge on any atom is -0.481 e.